The van der Waals surface area contributed by atoms with Crippen LogP contribution in [0.3, 0.4) is 0 Å². The second-order valence-electron chi connectivity index (χ2n) is 9.93. The fourth-order valence-corrected chi connectivity index (χ4v) is 5.16. The second-order valence-corrected chi connectivity index (χ2v) is 9.93. The Bertz CT molecular complexity index is 1310. The number of anilines is 1. The van der Waals surface area contributed by atoms with Crippen LogP contribution in [-0.4, -0.2) is 42.2 Å². The molecule has 2 N–H and O–H groups in total. The Morgan fingerprint density at radius 3 is 2.62 bits per heavy atom. The molecule has 6 heteroatoms. The summed E-state index contributed by atoms with van der Waals surface area (Å²) in [5.41, 5.74) is 5.53. The third-order valence-electron chi connectivity index (χ3n) is 7.24. The van der Waals surface area contributed by atoms with Gasteiger partial charge in [-0.05, 0) is 72.0 Å². The van der Waals surface area contributed by atoms with Gasteiger partial charge >= 0.3 is 0 Å². The van der Waals surface area contributed by atoms with Gasteiger partial charge in [0.1, 0.15) is 30.0 Å². The molecule has 0 unspecified atom stereocenters. The minimum absolute atomic E-state index is 0.121. The highest BCUT2D eigenvalue weighted by atomic mass is 16.5. The fourth-order valence-electron chi connectivity index (χ4n) is 5.16. The van der Waals surface area contributed by atoms with E-state index in [1.807, 2.05) is 61.5 Å². The van der Waals surface area contributed by atoms with Gasteiger partial charge in [-0.25, -0.2) is 0 Å². The summed E-state index contributed by atoms with van der Waals surface area (Å²) >= 11 is 0. The molecule has 2 aliphatic heterocycles. The Morgan fingerprint density at radius 1 is 1.11 bits per heavy atom. The third-order valence-corrected chi connectivity index (χ3v) is 7.24. The number of nitrogens with one attached hydrogen (secondary N) is 1. The molecule has 2 heterocycles. The van der Waals surface area contributed by atoms with Crippen molar-refractivity contribution in [2.24, 2.45) is 5.92 Å². The van der Waals surface area contributed by atoms with E-state index in [4.69, 9.17) is 9.47 Å². The molecule has 37 heavy (non-hydrogen) atoms. The maximum absolute atomic E-state index is 11.7. The molecule has 3 aromatic rings. The molecule has 6 nitrogen and oxygen atoms in total. The van der Waals surface area contributed by atoms with E-state index >= 15 is 0 Å². The van der Waals surface area contributed by atoms with E-state index in [-0.39, 0.29) is 17.8 Å². The van der Waals surface area contributed by atoms with Crippen molar-refractivity contribution in [1.29, 1.82) is 0 Å². The number of ether oxygens (including phenoxy) is 2. The number of benzene rings is 3. The van der Waals surface area contributed by atoms with E-state index in [9.17, 15) is 9.90 Å². The first-order chi connectivity index (χ1) is 17.9. The largest absolute Gasteiger partial charge is 0.508 e. The summed E-state index contributed by atoms with van der Waals surface area (Å²) in [6.45, 7) is 9.77. The standard InChI is InChI=1S/C31H34N2O4/c1-4-22-18-33(19-22)14-15-36-27-11-8-23(9-12-27)31-30(24-6-5-7-25(16-24)32-21(3)34)20(2)28-17-26(35)10-13-29(28)37-31/h5-13,16-17,22,31,35H,4,14-15,18-19H2,1-3H3,(H,32,34)/t31-/m0/s1. The van der Waals surface area contributed by atoms with Crippen molar-refractivity contribution in [3.63, 3.8) is 0 Å². The number of carbonyl (C=O) groups excluding carboxylic acids is 1. The molecule has 1 atom stereocenters. The fraction of sp³-hybridized carbons (Fsp3) is 0.323. The lowest BCUT2D eigenvalue weighted by molar-refractivity contribution is -0.114. The Labute approximate surface area is 218 Å². The van der Waals surface area contributed by atoms with E-state index < -0.39 is 0 Å². The Hall–Kier alpha value is -3.77. The summed E-state index contributed by atoms with van der Waals surface area (Å²) in [5, 5.41) is 13.0. The monoisotopic (exact) mass is 498 g/mol. The summed E-state index contributed by atoms with van der Waals surface area (Å²) in [6, 6.07) is 21.0. The molecule has 3 aromatic carbocycles. The molecule has 0 saturated carbocycles. The number of hydrogen-bond acceptors (Lipinski definition) is 5. The number of aromatic hydroxyl groups is 1. The Balaban J connectivity index is 1.40. The molecule has 0 aliphatic carbocycles. The van der Waals surface area contributed by atoms with Gasteiger partial charge < -0.3 is 19.9 Å². The van der Waals surface area contributed by atoms with Crippen molar-refractivity contribution >= 4 is 22.7 Å². The highest BCUT2D eigenvalue weighted by Gasteiger charge is 2.30. The molecule has 0 spiro atoms. The molecule has 1 amide bonds. The summed E-state index contributed by atoms with van der Waals surface area (Å²) in [5.74, 6) is 2.48. The van der Waals surface area contributed by atoms with Crippen LogP contribution in [0.5, 0.6) is 17.2 Å². The van der Waals surface area contributed by atoms with Gasteiger partial charge in [0.05, 0.1) is 0 Å². The summed E-state index contributed by atoms with van der Waals surface area (Å²) in [7, 11) is 0. The predicted octanol–water partition coefficient (Wildman–Crippen LogP) is 6.14. The number of rotatable bonds is 8. The molecule has 0 aromatic heterocycles. The first-order valence-electron chi connectivity index (χ1n) is 12.9. The van der Waals surface area contributed by atoms with E-state index in [2.05, 4.69) is 17.1 Å². The zero-order chi connectivity index (χ0) is 25.9. The van der Waals surface area contributed by atoms with Crippen molar-refractivity contribution in [2.75, 3.05) is 31.6 Å². The topological polar surface area (TPSA) is 71.0 Å². The summed E-state index contributed by atoms with van der Waals surface area (Å²) < 4.78 is 12.5. The molecule has 5 rings (SSSR count). The van der Waals surface area contributed by atoms with Crippen molar-refractivity contribution in [3.8, 4) is 17.2 Å². The molecule has 1 fully saturated rings. The van der Waals surface area contributed by atoms with Gasteiger partial charge in [-0.2, -0.15) is 0 Å². The lowest BCUT2D eigenvalue weighted by Gasteiger charge is -2.38. The van der Waals surface area contributed by atoms with Crippen LogP contribution in [0, 0.1) is 5.92 Å². The first-order valence-corrected chi connectivity index (χ1v) is 12.9. The molecule has 2 aliphatic rings. The SMILES string of the molecule is CCC1CN(CCOc2ccc([C@@H]3Oc4ccc(O)cc4C(C)=C3c3cccc(NC(C)=O)c3)cc2)C1. The normalized spacial score (nSPS) is 17.5. The first kappa shape index (κ1) is 24.9. The number of phenols is 1. The van der Waals surface area contributed by atoms with Crippen LogP contribution in [0.1, 0.15) is 50.0 Å². The van der Waals surface area contributed by atoms with Crippen LogP contribution in [0.15, 0.2) is 66.7 Å². The van der Waals surface area contributed by atoms with Crippen LogP contribution >= 0.6 is 0 Å². The Kier molecular flexibility index (Phi) is 7.19. The molecular formula is C31H34N2O4. The maximum atomic E-state index is 11.7. The zero-order valence-electron chi connectivity index (χ0n) is 21.7. The van der Waals surface area contributed by atoms with Gasteiger partial charge in [0.25, 0.3) is 0 Å². The highest BCUT2D eigenvalue weighted by molar-refractivity contribution is 5.97. The van der Waals surface area contributed by atoms with Crippen LogP contribution in [0.4, 0.5) is 5.69 Å². The van der Waals surface area contributed by atoms with Crippen molar-refractivity contribution in [3.05, 3.63) is 83.4 Å². The number of likely N-dealkylation sites (tertiary alicyclic amines) is 1. The van der Waals surface area contributed by atoms with Gasteiger partial charge in [0.2, 0.25) is 5.91 Å². The van der Waals surface area contributed by atoms with Crippen molar-refractivity contribution in [2.45, 2.75) is 33.3 Å². The Morgan fingerprint density at radius 2 is 1.89 bits per heavy atom. The highest BCUT2D eigenvalue weighted by Crippen LogP contribution is 2.47. The number of carbonyl (C=O) groups is 1. The van der Waals surface area contributed by atoms with Gasteiger partial charge in [0, 0.05) is 43.4 Å². The summed E-state index contributed by atoms with van der Waals surface area (Å²) in [6.07, 6.45) is 0.895. The van der Waals surface area contributed by atoms with Gasteiger partial charge in [-0.1, -0.05) is 37.6 Å². The molecular weight excluding hydrogens is 464 g/mol. The lowest BCUT2D eigenvalue weighted by Crippen LogP contribution is -2.47. The third kappa shape index (κ3) is 5.49. The quantitative estimate of drug-likeness (QED) is 0.391. The van der Waals surface area contributed by atoms with Gasteiger partial charge in [0.15, 0.2) is 0 Å². The summed E-state index contributed by atoms with van der Waals surface area (Å²) in [4.78, 5) is 14.1. The van der Waals surface area contributed by atoms with E-state index in [1.54, 1.807) is 12.1 Å². The molecule has 1 saturated heterocycles. The van der Waals surface area contributed by atoms with E-state index in [1.165, 1.54) is 26.4 Å². The number of nitrogens with zero attached hydrogens (tertiary/aromatic N) is 1. The van der Waals surface area contributed by atoms with E-state index in [0.717, 1.165) is 57.5 Å². The van der Waals surface area contributed by atoms with Crippen LogP contribution in [-0.2, 0) is 4.79 Å². The number of phenolic OH excluding ortho intramolecular Hbond substituents is 1. The van der Waals surface area contributed by atoms with Crippen molar-refractivity contribution in [1.82, 2.24) is 4.90 Å². The second kappa shape index (κ2) is 10.7. The predicted molar refractivity (Wildman–Crippen MR) is 147 cm³/mol. The van der Waals surface area contributed by atoms with Gasteiger partial charge in [-0.3, -0.25) is 9.69 Å². The minimum atomic E-state index is -0.356. The average molecular weight is 499 g/mol. The molecule has 0 radical (unpaired) electrons. The smallest absolute Gasteiger partial charge is 0.221 e. The molecule has 0 bridgehead atoms. The van der Waals surface area contributed by atoms with Gasteiger partial charge in [-0.15, -0.1) is 0 Å². The number of allylic oxidation sites excluding steroid dienone is 1. The van der Waals surface area contributed by atoms with Crippen LogP contribution in [0.25, 0.3) is 11.1 Å². The number of hydrogen-bond donors (Lipinski definition) is 2. The maximum Gasteiger partial charge on any atom is 0.221 e. The van der Waals surface area contributed by atoms with E-state index in [0.29, 0.717) is 6.61 Å². The minimum Gasteiger partial charge on any atom is -0.508 e. The lowest BCUT2D eigenvalue weighted by atomic mass is 9.86. The number of amides is 1. The average Bonchev–Trinajstić information content (AvgIpc) is 2.86. The van der Waals surface area contributed by atoms with Crippen LogP contribution < -0.4 is 14.8 Å². The zero-order valence-corrected chi connectivity index (χ0v) is 21.7. The number of fused-ring (bicyclic) bond motifs is 1. The molecule has 192 valence electrons. The van der Waals surface area contributed by atoms with Crippen molar-refractivity contribution < 1.29 is 19.4 Å². The van der Waals surface area contributed by atoms with Crippen LogP contribution in [0.2, 0.25) is 0 Å².